The number of carbonyl (C=O) groups excluding carboxylic acids is 1. The van der Waals surface area contributed by atoms with E-state index in [1.165, 1.54) is 19.2 Å². The molecule has 0 atom stereocenters. The minimum Gasteiger partial charge on any atom is -0.494 e. The molecule has 0 N–H and O–H groups in total. The van der Waals surface area contributed by atoms with E-state index in [4.69, 9.17) is 10.00 Å². The molecule has 0 radical (unpaired) electrons. The van der Waals surface area contributed by atoms with Gasteiger partial charge in [-0.2, -0.15) is 5.26 Å². The lowest BCUT2D eigenvalue weighted by Crippen LogP contribution is -2.27. The Morgan fingerprint density at radius 2 is 2.04 bits per heavy atom. The van der Waals surface area contributed by atoms with E-state index in [2.05, 4.69) is 6.07 Å². The number of likely N-dealkylation sites (N-methyl/N-ethyl adjacent to an activating group) is 1. The highest BCUT2D eigenvalue weighted by molar-refractivity contribution is 5.78. The van der Waals surface area contributed by atoms with Crippen LogP contribution in [0.3, 0.4) is 0 Å². The van der Waals surface area contributed by atoms with E-state index in [9.17, 15) is 9.18 Å². The van der Waals surface area contributed by atoms with Gasteiger partial charge in [0.15, 0.2) is 11.6 Å². The zero-order valence-electron chi connectivity index (χ0n) is 13.0. The first kappa shape index (κ1) is 16.5. The molecule has 0 aliphatic carbocycles. The summed E-state index contributed by atoms with van der Waals surface area (Å²) in [7, 11) is 3.08. The third kappa shape index (κ3) is 4.30. The summed E-state index contributed by atoms with van der Waals surface area (Å²) in [5.74, 6) is -0.457. The SMILES string of the molecule is COc1ccc(CC(=O)N(C)Cc2cccc(C#N)c2)cc1F. The van der Waals surface area contributed by atoms with Crippen LogP contribution in [0.5, 0.6) is 5.75 Å². The molecular formula is C18H17FN2O2. The van der Waals surface area contributed by atoms with Gasteiger partial charge in [-0.3, -0.25) is 4.79 Å². The van der Waals surface area contributed by atoms with Crippen molar-refractivity contribution in [2.75, 3.05) is 14.2 Å². The van der Waals surface area contributed by atoms with Gasteiger partial charge < -0.3 is 9.64 Å². The highest BCUT2D eigenvalue weighted by Gasteiger charge is 2.12. The van der Waals surface area contributed by atoms with Crippen molar-refractivity contribution in [3.8, 4) is 11.8 Å². The maximum atomic E-state index is 13.7. The van der Waals surface area contributed by atoms with Gasteiger partial charge in [0.25, 0.3) is 0 Å². The predicted molar refractivity (Wildman–Crippen MR) is 84.3 cm³/mol. The minimum absolute atomic E-state index is 0.107. The van der Waals surface area contributed by atoms with Gasteiger partial charge in [-0.15, -0.1) is 0 Å². The molecule has 0 fully saturated rings. The van der Waals surface area contributed by atoms with E-state index >= 15 is 0 Å². The fraction of sp³-hybridized carbons (Fsp3) is 0.222. The number of ether oxygens (including phenoxy) is 1. The molecular weight excluding hydrogens is 295 g/mol. The van der Waals surface area contributed by atoms with Crippen LogP contribution in [-0.2, 0) is 17.8 Å². The van der Waals surface area contributed by atoms with Crippen molar-refractivity contribution in [1.29, 1.82) is 5.26 Å². The van der Waals surface area contributed by atoms with E-state index in [1.807, 2.05) is 6.07 Å². The molecule has 4 nitrogen and oxygen atoms in total. The molecule has 0 bridgehead atoms. The lowest BCUT2D eigenvalue weighted by molar-refractivity contribution is -0.129. The second kappa shape index (κ2) is 7.41. The lowest BCUT2D eigenvalue weighted by Gasteiger charge is -2.17. The van der Waals surface area contributed by atoms with Crippen LogP contribution in [0.2, 0.25) is 0 Å². The highest BCUT2D eigenvalue weighted by atomic mass is 19.1. The number of hydrogen-bond donors (Lipinski definition) is 0. The average molecular weight is 312 g/mol. The molecule has 0 saturated carbocycles. The van der Waals surface area contributed by atoms with Crippen LogP contribution in [0.25, 0.3) is 0 Å². The second-order valence-electron chi connectivity index (χ2n) is 5.21. The molecule has 2 aromatic rings. The molecule has 5 heteroatoms. The Hall–Kier alpha value is -2.87. The molecule has 23 heavy (non-hydrogen) atoms. The van der Waals surface area contributed by atoms with Crippen molar-refractivity contribution >= 4 is 5.91 Å². The number of nitrogens with zero attached hydrogens (tertiary/aromatic N) is 2. The molecule has 0 aliphatic rings. The van der Waals surface area contributed by atoms with E-state index in [0.717, 1.165) is 5.56 Å². The number of carbonyl (C=O) groups is 1. The van der Waals surface area contributed by atoms with Crippen LogP contribution in [0.1, 0.15) is 16.7 Å². The van der Waals surface area contributed by atoms with E-state index in [1.54, 1.807) is 36.2 Å². The van der Waals surface area contributed by atoms with Crippen molar-refractivity contribution in [1.82, 2.24) is 4.90 Å². The largest absolute Gasteiger partial charge is 0.494 e. The van der Waals surface area contributed by atoms with E-state index in [-0.39, 0.29) is 18.1 Å². The van der Waals surface area contributed by atoms with Crippen LogP contribution in [0.15, 0.2) is 42.5 Å². The third-order valence-electron chi connectivity index (χ3n) is 3.47. The van der Waals surface area contributed by atoms with Crippen LogP contribution in [-0.4, -0.2) is 25.0 Å². The monoisotopic (exact) mass is 312 g/mol. The fourth-order valence-corrected chi connectivity index (χ4v) is 2.23. The highest BCUT2D eigenvalue weighted by Crippen LogP contribution is 2.18. The Morgan fingerprint density at radius 1 is 1.26 bits per heavy atom. The Morgan fingerprint density at radius 3 is 2.70 bits per heavy atom. The standard InChI is InChI=1S/C18H17FN2O2/c1-21(12-15-5-3-4-14(8-15)11-20)18(22)10-13-6-7-17(23-2)16(19)9-13/h3-9H,10,12H2,1-2H3. The summed E-state index contributed by atoms with van der Waals surface area (Å²) in [4.78, 5) is 13.8. The van der Waals surface area contributed by atoms with Gasteiger partial charge in [0, 0.05) is 13.6 Å². The van der Waals surface area contributed by atoms with Crippen LogP contribution < -0.4 is 4.74 Å². The Kier molecular flexibility index (Phi) is 5.32. The first-order chi connectivity index (χ1) is 11.0. The number of halogens is 1. The third-order valence-corrected chi connectivity index (χ3v) is 3.47. The summed E-state index contributed by atoms with van der Waals surface area (Å²) in [6.07, 6.45) is 0.107. The Bertz CT molecular complexity index is 753. The molecule has 0 spiro atoms. The lowest BCUT2D eigenvalue weighted by atomic mass is 10.1. The van der Waals surface area contributed by atoms with Crippen LogP contribution in [0, 0.1) is 17.1 Å². The normalized spacial score (nSPS) is 10.0. The molecule has 2 aromatic carbocycles. The maximum absolute atomic E-state index is 13.7. The van der Waals surface area contributed by atoms with Crippen molar-refractivity contribution in [2.24, 2.45) is 0 Å². The van der Waals surface area contributed by atoms with Gasteiger partial charge in [0.05, 0.1) is 25.2 Å². The summed E-state index contributed by atoms with van der Waals surface area (Å²) in [6, 6.07) is 13.7. The van der Waals surface area contributed by atoms with E-state index in [0.29, 0.717) is 17.7 Å². The summed E-state index contributed by atoms with van der Waals surface area (Å²) < 4.78 is 18.5. The zero-order valence-corrected chi connectivity index (χ0v) is 13.0. The number of amides is 1. The molecule has 0 aliphatic heterocycles. The van der Waals surface area contributed by atoms with Crippen LogP contribution in [0.4, 0.5) is 4.39 Å². The second-order valence-corrected chi connectivity index (χ2v) is 5.21. The first-order valence-electron chi connectivity index (χ1n) is 7.09. The molecule has 0 aromatic heterocycles. The summed E-state index contributed by atoms with van der Waals surface area (Å²) in [5, 5.41) is 8.89. The maximum Gasteiger partial charge on any atom is 0.227 e. The first-order valence-corrected chi connectivity index (χ1v) is 7.09. The fourth-order valence-electron chi connectivity index (χ4n) is 2.23. The van der Waals surface area contributed by atoms with Gasteiger partial charge in [0.1, 0.15) is 0 Å². The van der Waals surface area contributed by atoms with Gasteiger partial charge in [-0.25, -0.2) is 4.39 Å². The Balaban J connectivity index is 2.02. The van der Waals surface area contributed by atoms with E-state index < -0.39 is 5.82 Å². The van der Waals surface area contributed by atoms with Gasteiger partial charge in [-0.05, 0) is 35.4 Å². The molecule has 0 saturated heterocycles. The van der Waals surface area contributed by atoms with Gasteiger partial charge in [0.2, 0.25) is 5.91 Å². The van der Waals surface area contributed by atoms with Crippen molar-refractivity contribution < 1.29 is 13.9 Å². The van der Waals surface area contributed by atoms with Gasteiger partial charge in [-0.1, -0.05) is 18.2 Å². The molecule has 0 heterocycles. The number of rotatable bonds is 5. The smallest absolute Gasteiger partial charge is 0.227 e. The topological polar surface area (TPSA) is 53.3 Å². The summed E-state index contributed by atoms with van der Waals surface area (Å²) in [5.41, 5.74) is 2.02. The molecule has 118 valence electrons. The minimum atomic E-state index is -0.484. The van der Waals surface area contributed by atoms with Crippen molar-refractivity contribution in [3.63, 3.8) is 0 Å². The number of nitriles is 1. The number of hydrogen-bond acceptors (Lipinski definition) is 3. The van der Waals surface area contributed by atoms with Gasteiger partial charge >= 0.3 is 0 Å². The summed E-state index contributed by atoms with van der Waals surface area (Å²) >= 11 is 0. The quantitative estimate of drug-likeness (QED) is 0.853. The predicted octanol–water partition coefficient (Wildman–Crippen LogP) is 2.91. The summed E-state index contributed by atoms with van der Waals surface area (Å²) in [6.45, 7) is 0.396. The van der Waals surface area contributed by atoms with Crippen LogP contribution >= 0.6 is 0 Å². The average Bonchev–Trinajstić information content (AvgIpc) is 2.55. The van der Waals surface area contributed by atoms with Crippen molar-refractivity contribution in [3.05, 3.63) is 65.0 Å². The molecule has 1 amide bonds. The Labute approximate surface area is 134 Å². The van der Waals surface area contributed by atoms with Crippen molar-refractivity contribution in [2.45, 2.75) is 13.0 Å². The zero-order chi connectivity index (χ0) is 16.8. The molecule has 2 rings (SSSR count). The molecule has 0 unspecified atom stereocenters. The number of benzene rings is 2. The number of methoxy groups -OCH3 is 1.